The SMILES string of the molecule is c1ccc(-c2nc(-c3ccccc3)nc(-c3ccc4c(c3)c3ccccc3c3ccccc3c3ccccc3c3c5ccccc5ccc43)n2)cc1. The van der Waals surface area contributed by atoms with Crippen molar-refractivity contribution in [1.82, 2.24) is 15.0 Å². The minimum atomic E-state index is 0.634. The molecule has 0 radical (unpaired) electrons. The highest BCUT2D eigenvalue weighted by Gasteiger charge is 2.15. The lowest BCUT2D eigenvalue weighted by Gasteiger charge is -2.13. The first-order valence-electron chi connectivity index (χ1n) is 17.6. The summed E-state index contributed by atoms with van der Waals surface area (Å²) in [5.74, 6) is 1.93. The molecule has 3 heteroatoms. The maximum absolute atomic E-state index is 5.11. The second-order valence-electron chi connectivity index (χ2n) is 13.1. The maximum atomic E-state index is 5.11. The molecule has 0 fully saturated rings. The molecule has 10 aromatic rings. The third-order valence-corrected chi connectivity index (χ3v) is 10.1. The molecule has 0 unspecified atom stereocenters. The number of nitrogens with zero attached hydrogens (tertiary/aromatic N) is 3. The molecule has 242 valence electrons. The molecule has 1 heterocycles. The molecular weight excluding hydrogens is 631 g/mol. The van der Waals surface area contributed by atoms with Crippen LogP contribution < -0.4 is 0 Å². The van der Waals surface area contributed by atoms with Crippen LogP contribution in [0, 0.1) is 0 Å². The lowest BCUT2D eigenvalue weighted by molar-refractivity contribution is 1.07. The Morgan fingerprint density at radius 1 is 0.231 bits per heavy atom. The summed E-state index contributed by atoms with van der Waals surface area (Å²) >= 11 is 0. The smallest absolute Gasteiger partial charge is 0.164 e. The minimum Gasteiger partial charge on any atom is -0.208 e. The van der Waals surface area contributed by atoms with Gasteiger partial charge in [-0.15, -0.1) is 0 Å². The Balaban J connectivity index is 1.40. The molecule has 52 heavy (non-hydrogen) atoms. The van der Waals surface area contributed by atoms with Gasteiger partial charge < -0.3 is 0 Å². The van der Waals surface area contributed by atoms with Crippen LogP contribution in [0.15, 0.2) is 188 Å². The lowest BCUT2D eigenvalue weighted by Crippen LogP contribution is -2.00. The summed E-state index contributed by atoms with van der Waals surface area (Å²) in [7, 11) is 0. The quantitative estimate of drug-likeness (QED) is 0.189. The molecule has 10 rings (SSSR count). The van der Waals surface area contributed by atoms with E-state index in [1.165, 1.54) is 48.5 Å². The second-order valence-corrected chi connectivity index (χ2v) is 13.1. The van der Waals surface area contributed by atoms with Gasteiger partial charge in [0.15, 0.2) is 17.5 Å². The van der Waals surface area contributed by atoms with Gasteiger partial charge in [-0.25, -0.2) is 15.0 Å². The Morgan fingerprint density at radius 2 is 0.596 bits per heavy atom. The average molecular weight is 662 g/mol. The second kappa shape index (κ2) is 12.4. The van der Waals surface area contributed by atoms with Crippen LogP contribution in [0.25, 0.3) is 98.8 Å². The van der Waals surface area contributed by atoms with Crippen LogP contribution in [0.3, 0.4) is 0 Å². The van der Waals surface area contributed by atoms with E-state index in [2.05, 4.69) is 127 Å². The van der Waals surface area contributed by atoms with Crippen molar-refractivity contribution in [2.75, 3.05) is 0 Å². The Bertz CT molecular complexity index is 3000. The molecule has 0 aliphatic carbocycles. The van der Waals surface area contributed by atoms with E-state index in [-0.39, 0.29) is 0 Å². The van der Waals surface area contributed by atoms with Crippen molar-refractivity contribution in [3.63, 3.8) is 0 Å². The number of fused-ring (bicyclic) bond motifs is 12. The molecule has 0 atom stereocenters. The van der Waals surface area contributed by atoms with Gasteiger partial charge in [0, 0.05) is 16.7 Å². The molecular formula is C49H31N3. The number of aromatic nitrogens is 3. The first-order valence-corrected chi connectivity index (χ1v) is 17.6. The van der Waals surface area contributed by atoms with Crippen molar-refractivity contribution >= 4 is 64.6 Å². The minimum absolute atomic E-state index is 0.634. The fourth-order valence-electron chi connectivity index (χ4n) is 7.71. The first-order chi connectivity index (χ1) is 25.8. The standard InChI is InChI=1S/C49H31N3/c1-3-16-33(17-4-1)47-50-48(34-18-5-2-6-19-34)52-49(51-47)35-28-29-42-44-30-27-32-15-7-8-20-36(32)46(44)43-26-14-13-24-40(43)38-22-10-9-21-37(38)39-23-11-12-25-41(39)45(42)31-35/h1-31H. The van der Waals surface area contributed by atoms with E-state index >= 15 is 0 Å². The fourth-order valence-corrected chi connectivity index (χ4v) is 7.71. The van der Waals surface area contributed by atoms with Crippen LogP contribution in [-0.2, 0) is 0 Å². The zero-order valence-corrected chi connectivity index (χ0v) is 28.2. The Hall–Kier alpha value is -6.97. The summed E-state index contributed by atoms with van der Waals surface area (Å²) in [6.07, 6.45) is 0. The molecule has 0 aliphatic rings. The summed E-state index contributed by atoms with van der Waals surface area (Å²) in [4.78, 5) is 15.2. The van der Waals surface area contributed by atoms with Crippen molar-refractivity contribution in [3.8, 4) is 34.2 Å². The van der Waals surface area contributed by atoms with E-state index in [4.69, 9.17) is 15.0 Å². The predicted molar refractivity (Wildman–Crippen MR) is 219 cm³/mol. The fraction of sp³-hybridized carbons (Fsp3) is 0. The van der Waals surface area contributed by atoms with Crippen LogP contribution in [-0.4, -0.2) is 15.0 Å². The molecule has 0 saturated heterocycles. The third kappa shape index (κ3) is 5.02. The van der Waals surface area contributed by atoms with Crippen molar-refractivity contribution in [2.45, 2.75) is 0 Å². The van der Waals surface area contributed by atoms with Crippen LogP contribution in [0.5, 0.6) is 0 Å². The van der Waals surface area contributed by atoms with E-state index in [9.17, 15) is 0 Å². The monoisotopic (exact) mass is 661 g/mol. The van der Waals surface area contributed by atoms with Gasteiger partial charge in [0.2, 0.25) is 0 Å². The highest BCUT2D eigenvalue weighted by molar-refractivity contribution is 6.30. The molecule has 0 amide bonds. The van der Waals surface area contributed by atoms with Crippen LogP contribution in [0.2, 0.25) is 0 Å². The van der Waals surface area contributed by atoms with Crippen LogP contribution >= 0.6 is 0 Å². The van der Waals surface area contributed by atoms with E-state index in [1.807, 2.05) is 60.7 Å². The summed E-state index contributed by atoms with van der Waals surface area (Å²) in [5.41, 5.74) is 2.82. The normalized spacial score (nSPS) is 11.5. The lowest BCUT2D eigenvalue weighted by atomic mass is 9.91. The largest absolute Gasteiger partial charge is 0.208 e. The number of hydrogen-bond acceptors (Lipinski definition) is 3. The van der Waals surface area contributed by atoms with Gasteiger partial charge in [-0.2, -0.15) is 0 Å². The molecule has 0 bridgehead atoms. The van der Waals surface area contributed by atoms with Crippen molar-refractivity contribution in [1.29, 1.82) is 0 Å². The van der Waals surface area contributed by atoms with Gasteiger partial charge in [0.1, 0.15) is 0 Å². The summed E-state index contributed by atoms with van der Waals surface area (Å²) in [5, 5.41) is 14.3. The van der Waals surface area contributed by atoms with E-state index in [0.29, 0.717) is 17.5 Å². The van der Waals surface area contributed by atoms with Gasteiger partial charge in [0.05, 0.1) is 0 Å². The number of hydrogen-bond donors (Lipinski definition) is 0. The predicted octanol–water partition coefficient (Wildman–Crippen LogP) is 12.9. The zero-order chi connectivity index (χ0) is 34.4. The summed E-state index contributed by atoms with van der Waals surface area (Å²) in [6.45, 7) is 0. The first kappa shape index (κ1) is 29.9. The van der Waals surface area contributed by atoms with Gasteiger partial charge >= 0.3 is 0 Å². The Labute approximate surface area is 300 Å². The van der Waals surface area contributed by atoms with E-state index in [0.717, 1.165) is 32.8 Å². The van der Waals surface area contributed by atoms with Gasteiger partial charge in [-0.05, 0) is 70.7 Å². The van der Waals surface area contributed by atoms with Crippen molar-refractivity contribution < 1.29 is 0 Å². The molecule has 0 spiro atoms. The number of rotatable bonds is 3. The summed E-state index contributed by atoms with van der Waals surface area (Å²) < 4.78 is 0. The van der Waals surface area contributed by atoms with Gasteiger partial charge in [-0.1, -0.05) is 182 Å². The zero-order valence-electron chi connectivity index (χ0n) is 28.2. The van der Waals surface area contributed by atoms with Gasteiger partial charge in [0.25, 0.3) is 0 Å². The van der Waals surface area contributed by atoms with Crippen molar-refractivity contribution in [2.24, 2.45) is 0 Å². The Morgan fingerprint density at radius 3 is 1.15 bits per heavy atom. The van der Waals surface area contributed by atoms with Crippen LogP contribution in [0.1, 0.15) is 0 Å². The average Bonchev–Trinajstić information content (AvgIpc) is 3.23. The molecule has 1 aromatic heterocycles. The van der Waals surface area contributed by atoms with E-state index in [1.54, 1.807) is 0 Å². The molecule has 9 aromatic carbocycles. The topological polar surface area (TPSA) is 38.7 Å². The van der Waals surface area contributed by atoms with Crippen LogP contribution in [0.4, 0.5) is 0 Å². The molecule has 0 saturated carbocycles. The van der Waals surface area contributed by atoms with Gasteiger partial charge in [-0.3, -0.25) is 0 Å². The maximum Gasteiger partial charge on any atom is 0.164 e. The summed E-state index contributed by atoms with van der Waals surface area (Å²) in [6, 6.07) is 66.7. The highest BCUT2D eigenvalue weighted by atomic mass is 15.0. The van der Waals surface area contributed by atoms with E-state index < -0.39 is 0 Å². The molecule has 3 nitrogen and oxygen atoms in total. The molecule has 0 N–H and O–H groups in total. The molecule has 0 aliphatic heterocycles. The Kier molecular flexibility index (Phi) is 7.14. The highest BCUT2D eigenvalue weighted by Crippen LogP contribution is 2.39. The number of benzene rings is 8. The third-order valence-electron chi connectivity index (χ3n) is 10.1. The van der Waals surface area contributed by atoms with Crippen molar-refractivity contribution in [3.05, 3.63) is 188 Å².